The zero-order chi connectivity index (χ0) is 18.1. The molecule has 0 aliphatic heterocycles. The Labute approximate surface area is 154 Å². The number of carbonyl (C=O) groups excluding carboxylic acids is 1. The molecule has 3 heteroatoms. The highest BCUT2D eigenvalue weighted by atomic mass is 16.1. The Morgan fingerprint density at radius 3 is 2.50 bits per heavy atom. The highest BCUT2D eigenvalue weighted by Crippen LogP contribution is 2.28. The Balaban J connectivity index is 1.57. The molecule has 1 saturated carbocycles. The summed E-state index contributed by atoms with van der Waals surface area (Å²) in [7, 11) is 0. The molecular weight excluding hydrogens is 320 g/mol. The van der Waals surface area contributed by atoms with Gasteiger partial charge in [-0.2, -0.15) is 0 Å². The van der Waals surface area contributed by atoms with Crippen LogP contribution in [0.25, 0.3) is 22.5 Å². The highest BCUT2D eigenvalue weighted by Gasteiger charge is 2.24. The van der Waals surface area contributed by atoms with Crippen molar-refractivity contribution in [3.8, 4) is 22.5 Å². The number of benzene rings is 1. The molecule has 132 valence electrons. The number of rotatable bonds is 4. The van der Waals surface area contributed by atoms with Gasteiger partial charge in [0.05, 0.1) is 11.4 Å². The standard InChI is InChI=1S/C23H24N2O/c1-15-13-20(16(2)24-15)22-7-4-6-21(25-22)18-11-9-17(10-12-18)14-19-5-3-8-23(19)26/h4,6-7,9-13,19,24H,3,5,8,14H2,1-2H3. The fraction of sp³-hybridized carbons (Fsp3) is 0.304. The molecule has 1 aliphatic carbocycles. The summed E-state index contributed by atoms with van der Waals surface area (Å²) in [5.74, 6) is 0.655. The number of ketones is 1. The maximum absolute atomic E-state index is 11.9. The number of carbonyl (C=O) groups is 1. The maximum Gasteiger partial charge on any atom is 0.136 e. The van der Waals surface area contributed by atoms with Crippen LogP contribution >= 0.6 is 0 Å². The third-order valence-electron chi connectivity index (χ3n) is 5.34. The number of aryl methyl sites for hydroxylation is 2. The van der Waals surface area contributed by atoms with E-state index in [2.05, 4.69) is 61.3 Å². The van der Waals surface area contributed by atoms with Gasteiger partial charge in [-0.15, -0.1) is 0 Å². The molecule has 1 aliphatic rings. The number of aromatic nitrogens is 2. The molecule has 2 heterocycles. The number of hydrogen-bond donors (Lipinski definition) is 1. The van der Waals surface area contributed by atoms with Crippen LogP contribution in [0.5, 0.6) is 0 Å². The molecule has 1 fully saturated rings. The number of H-pyrrole nitrogens is 1. The number of nitrogens with one attached hydrogen (secondary N) is 1. The summed E-state index contributed by atoms with van der Waals surface area (Å²) in [5.41, 5.74) is 7.76. The van der Waals surface area contributed by atoms with Crippen LogP contribution in [0.2, 0.25) is 0 Å². The first-order valence-electron chi connectivity index (χ1n) is 9.36. The van der Waals surface area contributed by atoms with Gasteiger partial charge in [-0.25, -0.2) is 4.98 Å². The molecule has 0 radical (unpaired) electrons. The normalized spacial score (nSPS) is 17.0. The van der Waals surface area contributed by atoms with Crippen molar-refractivity contribution in [2.24, 2.45) is 5.92 Å². The van der Waals surface area contributed by atoms with E-state index >= 15 is 0 Å². The van der Waals surface area contributed by atoms with Crippen LogP contribution in [-0.4, -0.2) is 15.8 Å². The number of nitrogens with zero attached hydrogens (tertiary/aromatic N) is 1. The molecule has 0 saturated heterocycles. The fourth-order valence-corrected chi connectivity index (χ4v) is 3.94. The van der Waals surface area contributed by atoms with E-state index in [-0.39, 0.29) is 5.92 Å². The van der Waals surface area contributed by atoms with E-state index in [4.69, 9.17) is 4.98 Å². The Hall–Kier alpha value is -2.68. The van der Waals surface area contributed by atoms with Crippen molar-refractivity contribution < 1.29 is 4.79 Å². The molecule has 1 atom stereocenters. The minimum absolute atomic E-state index is 0.224. The fourth-order valence-electron chi connectivity index (χ4n) is 3.94. The molecule has 26 heavy (non-hydrogen) atoms. The summed E-state index contributed by atoms with van der Waals surface area (Å²) >= 11 is 0. The average molecular weight is 344 g/mol. The number of aromatic amines is 1. The lowest BCUT2D eigenvalue weighted by Gasteiger charge is -2.09. The first-order valence-corrected chi connectivity index (χ1v) is 9.36. The topological polar surface area (TPSA) is 45.8 Å². The van der Waals surface area contributed by atoms with E-state index in [9.17, 15) is 4.79 Å². The van der Waals surface area contributed by atoms with Crippen molar-refractivity contribution in [2.45, 2.75) is 39.5 Å². The molecule has 0 amide bonds. The highest BCUT2D eigenvalue weighted by molar-refractivity contribution is 5.83. The van der Waals surface area contributed by atoms with E-state index < -0.39 is 0 Å². The van der Waals surface area contributed by atoms with Crippen LogP contribution in [0.1, 0.15) is 36.2 Å². The maximum atomic E-state index is 11.9. The summed E-state index contributed by atoms with van der Waals surface area (Å²) in [5, 5.41) is 0. The van der Waals surface area contributed by atoms with E-state index in [1.165, 1.54) is 5.56 Å². The second kappa shape index (κ2) is 6.91. The predicted molar refractivity (Wildman–Crippen MR) is 105 cm³/mol. The molecule has 1 unspecified atom stereocenters. The van der Waals surface area contributed by atoms with Gasteiger partial charge in [0.25, 0.3) is 0 Å². The van der Waals surface area contributed by atoms with E-state index in [1.54, 1.807) is 0 Å². The molecule has 3 aromatic rings. The first kappa shape index (κ1) is 16.8. The van der Waals surface area contributed by atoms with E-state index in [0.29, 0.717) is 5.78 Å². The SMILES string of the molecule is Cc1cc(-c2cccc(-c3ccc(CC4CCCC4=O)cc3)n2)c(C)[nH]1. The van der Waals surface area contributed by atoms with Gasteiger partial charge in [0.15, 0.2) is 0 Å². The number of hydrogen-bond acceptors (Lipinski definition) is 2. The summed E-state index contributed by atoms with van der Waals surface area (Å²) in [6.45, 7) is 4.14. The van der Waals surface area contributed by atoms with Gasteiger partial charge in [0.1, 0.15) is 5.78 Å². The van der Waals surface area contributed by atoms with Crippen LogP contribution in [0.4, 0.5) is 0 Å². The third-order valence-corrected chi connectivity index (χ3v) is 5.34. The number of Topliss-reactive ketones (excluding diaryl/α,β-unsaturated/α-hetero) is 1. The van der Waals surface area contributed by atoms with Crippen molar-refractivity contribution in [1.82, 2.24) is 9.97 Å². The zero-order valence-electron chi connectivity index (χ0n) is 15.4. The van der Waals surface area contributed by atoms with Crippen LogP contribution in [-0.2, 0) is 11.2 Å². The van der Waals surface area contributed by atoms with Crippen LogP contribution in [0.15, 0.2) is 48.5 Å². The largest absolute Gasteiger partial charge is 0.362 e. The second-order valence-electron chi connectivity index (χ2n) is 7.36. The minimum Gasteiger partial charge on any atom is -0.362 e. The molecule has 1 N–H and O–H groups in total. The molecular formula is C23H24N2O. The summed E-state index contributed by atoms with van der Waals surface area (Å²) in [4.78, 5) is 20.1. The smallest absolute Gasteiger partial charge is 0.136 e. The summed E-state index contributed by atoms with van der Waals surface area (Å²) < 4.78 is 0. The summed E-state index contributed by atoms with van der Waals surface area (Å²) in [6.07, 6.45) is 3.72. The molecule has 0 bridgehead atoms. The van der Waals surface area contributed by atoms with Gasteiger partial charge in [-0.05, 0) is 56.9 Å². The van der Waals surface area contributed by atoms with Crippen molar-refractivity contribution in [1.29, 1.82) is 0 Å². The van der Waals surface area contributed by atoms with Gasteiger partial charge in [-0.1, -0.05) is 30.3 Å². The molecule has 4 rings (SSSR count). The Morgan fingerprint density at radius 2 is 1.85 bits per heavy atom. The molecule has 0 spiro atoms. The van der Waals surface area contributed by atoms with E-state index in [0.717, 1.165) is 59.6 Å². The van der Waals surface area contributed by atoms with Gasteiger partial charge >= 0.3 is 0 Å². The first-order chi connectivity index (χ1) is 12.6. The van der Waals surface area contributed by atoms with Crippen LogP contribution in [0.3, 0.4) is 0 Å². The summed E-state index contributed by atoms with van der Waals surface area (Å²) in [6, 6.07) is 16.8. The molecule has 2 aromatic heterocycles. The van der Waals surface area contributed by atoms with Crippen LogP contribution < -0.4 is 0 Å². The van der Waals surface area contributed by atoms with Gasteiger partial charge in [-0.3, -0.25) is 4.79 Å². The predicted octanol–water partition coefficient (Wildman–Crippen LogP) is 5.27. The minimum atomic E-state index is 0.224. The van der Waals surface area contributed by atoms with Crippen molar-refractivity contribution >= 4 is 5.78 Å². The Kier molecular flexibility index (Phi) is 4.46. The Morgan fingerprint density at radius 1 is 1.08 bits per heavy atom. The number of pyridine rings is 1. The second-order valence-corrected chi connectivity index (χ2v) is 7.36. The lowest BCUT2D eigenvalue weighted by molar-refractivity contribution is -0.120. The van der Waals surface area contributed by atoms with Crippen molar-refractivity contribution in [3.63, 3.8) is 0 Å². The monoisotopic (exact) mass is 344 g/mol. The van der Waals surface area contributed by atoms with Crippen molar-refractivity contribution in [3.05, 3.63) is 65.5 Å². The third kappa shape index (κ3) is 3.34. The van der Waals surface area contributed by atoms with Gasteiger partial charge < -0.3 is 4.98 Å². The molecule has 1 aromatic carbocycles. The zero-order valence-corrected chi connectivity index (χ0v) is 15.4. The average Bonchev–Trinajstić information content (AvgIpc) is 3.20. The van der Waals surface area contributed by atoms with E-state index in [1.807, 2.05) is 6.07 Å². The lowest BCUT2D eigenvalue weighted by Crippen LogP contribution is -2.09. The quantitative estimate of drug-likeness (QED) is 0.700. The molecule has 3 nitrogen and oxygen atoms in total. The van der Waals surface area contributed by atoms with Crippen molar-refractivity contribution in [2.75, 3.05) is 0 Å². The van der Waals surface area contributed by atoms with Gasteiger partial charge in [0, 0.05) is 34.9 Å². The Bertz CT molecular complexity index is 937. The van der Waals surface area contributed by atoms with Crippen LogP contribution in [0, 0.1) is 19.8 Å². The van der Waals surface area contributed by atoms with Gasteiger partial charge in [0.2, 0.25) is 0 Å². The lowest BCUT2D eigenvalue weighted by atomic mass is 9.96.